The SMILES string of the molecule is CNC(=O)c1cccc(C)c1Nc1nc(Nc2ccc(OC3C4CC5CC3CC(C(=O)N3CC[C@H](NC(C)=O)C3)(C5)C4)cc2OC)ncc1C(F)(F)F. The summed E-state index contributed by atoms with van der Waals surface area (Å²) in [5, 5.41) is 11.2. The van der Waals surface area contributed by atoms with Crippen LogP contribution in [0.1, 0.15) is 66.9 Å². The van der Waals surface area contributed by atoms with Gasteiger partial charge in [-0.05, 0) is 87.0 Å². The molecule has 282 valence electrons. The number of alkyl halides is 3. The Balaban J connectivity index is 1.07. The van der Waals surface area contributed by atoms with E-state index in [0.717, 1.165) is 38.5 Å². The number of carbonyl (C=O) groups excluding carboxylic acids is 3. The first-order valence-electron chi connectivity index (χ1n) is 18.0. The van der Waals surface area contributed by atoms with E-state index in [9.17, 15) is 27.6 Å². The summed E-state index contributed by atoms with van der Waals surface area (Å²) < 4.78 is 54.6. The van der Waals surface area contributed by atoms with Gasteiger partial charge in [-0.3, -0.25) is 14.4 Å². The van der Waals surface area contributed by atoms with Gasteiger partial charge in [0.2, 0.25) is 17.8 Å². The Morgan fingerprint density at radius 2 is 1.79 bits per heavy atom. The summed E-state index contributed by atoms with van der Waals surface area (Å²) in [5.74, 6) is 0.920. The van der Waals surface area contributed by atoms with Gasteiger partial charge in [0.15, 0.2) is 0 Å². The number of nitrogens with zero attached hydrogens (tertiary/aromatic N) is 3. The highest BCUT2D eigenvalue weighted by Crippen LogP contribution is 2.61. The summed E-state index contributed by atoms with van der Waals surface area (Å²) in [4.78, 5) is 48.2. The maximum atomic E-state index is 14.1. The third-order valence-electron chi connectivity index (χ3n) is 11.3. The zero-order valence-corrected chi connectivity index (χ0v) is 30.1. The lowest BCUT2D eigenvalue weighted by Crippen LogP contribution is -2.60. The van der Waals surface area contributed by atoms with E-state index in [4.69, 9.17) is 9.47 Å². The number of aromatic nitrogens is 2. The maximum Gasteiger partial charge on any atom is 0.421 e. The molecule has 1 aromatic heterocycles. The highest BCUT2D eigenvalue weighted by molar-refractivity contribution is 6.01. The van der Waals surface area contributed by atoms with Crippen LogP contribution in [0.5, 0.6) is 11.5 Å². The van der Waals surface area contributed by atoms with Crippen LogP contribution in [0.3, 0.4) is 0 Å². The minimum Gasteiger partial charge on any atom is -0.494 e. The lowest BCUT2D eigenvalue weighted by molar-refractivity contribution is -0.168. The summed E-state index contributed by atoms with van der Waals surface area (Å²) in [6.45, 7) is 4.40. The second-order valence-electron chi connectivity index (χ2n) is 14.9. The molecule has 53 heavy (non-hydrogen) atoms. The summed E-state index contributed by atoms with van der Waals surface area (Å²) in [5.41, 5.74) is -0.174. The molecule has 4 bridgehead atoms. The molecule has 12 nitrogen and oxygen atoms in total. The number of nitrogens with one attached hydrogen (secondary N) is 4. The van der Waals surface area contributed by atoms with E-state index in [1.54, 1.807) is 37.3 Å². The summed E-state index contributed by atoms with van der Waals surface area (Å²) in [7, 11) is 2.92. The Labute approximate surface area is 305 Å². The Morgan fingerprint density at radius 3 is 2.47 bits per heavy atom. The number of hydrogen-bond donors (Lipinski definition) is 4. The Kier molecular flexibility index (Phi) is 9.62. The number of para-hydroxylation sites is 1. The van der Waals surface area contributed by atoms with E-state index in [2.05, 4.69) is 31.2 Å². The molecule has 4 N–H and O–H groups in total. The van der Waals surface area contributed by atoms with Crippen molar-refractivity contribution in [3.8, 4) is 11.5 Å². The van der Waals surface area contributed by atoms with Crippen molar-refractivity contribution in [1.82, 2.24) is 25.5 Å². The van der Waals surface area contributed by atoms with Crippen molar-refractivity contribution < 1.29 is 37.0 Å². The van der Waals surface area contributed by atoms with Gasteiger partial charge in [-0.2, -0.15) is 18.2 Å². The van der Waals surface area contributed by atoms with Crippen LogP contribution in [-0.2, 0) is 15.8 Å². The molecule has 3 atom stereocenters. The summed E-state index contributed by atoms with van der Waals surface area (Å²) in [6, 6.07) is 10.0. The molecule has 1 saturated heterocycles. The second-order valence-corrected chi connectivity index (χ2v) is 14.9. The molecule has 0 spiro atoms. The highest BCUT2D eigenvalue weighted by atomic mass is 19.4. The van der Waals surface area contributed by atoms with Gasteiger partial charge in [0, 0.05) is 45.4 Å². The van der Waals surface area contributed by atoms with Crippen LogP contribution in [0.2, 0.25) is 0 Å². The molecular weight excluding hydrogens is 691 g/mol. The average molecular weight is 736 g/mol. The molecule has 15 heteroatoms. The Bertz CT molecular complexity index is 1910. The zero-order valence-electron chi connectivity index (χ0n) is 30.1. The lowest BCUT2D eigenvalue weighted by atomic mass is 9.48. The van der Waals surface area contributed by atoms with Crippen molar-refractivity contribution in [1.29, 1.82) is 0 Å². The van der Waals surface area contributed by atoms with Crippen LogP contribution < -0.4 is 30.7 Å². The number of rotatable bonds is 10. The van der Waals surface area contributed by atoms with E-state index >= 15 is 0 Å². The number of hydrogen-bond acceptors (Lipinski definition) is 9. The van der Waals surface area contributed by atoms with Crippen molar-refractivity contribution in [2.45, 2.75) is 70.7 Å². The second kappa shape index (κ2) is 14.0. The molecule has 1 aliphatic heterocycles. The van der Waals surface area contributed by atoms with Crippen molar-refractivity contribution >= 4 is 40.9 Å². The largest absolute Gasteiger partial charge is 0.494 e. The lowest BCUT2D eigenvalue weighted by Gasteiger charge is -2.59. The number of carbonyl (C=O) groups is 3. The number of ether oxygens (including phenoxy) is 2. The van der Waals surface area contributed by atoms with E-state index in [0.29, 0.717) is 48.0 Å². The smallest absolute Gasteiger partial charge is 0.421 e. The molecule has 4 aliphatic carbocycles. The fourth-order valence-electron chi connectivity index (χ4n) is 9.26. The van der Waals surface area contributed by atoms with Gasteiger partial charge in [-0.1, -0.05) is 12.1 Å². The predicted octanol–water partition coefficient (Wildman–Crippen LogP) is 5.97. The van der Waals surface area contributed by atoms with Crippen LogP contribution in [0, 0.1) is 30.1 Å². The third-order valence-corrected chi connectivity index (χ3v) is 11.3. The van der Waals surface area contributed by atoms with E-state index < -0.39 is 23.5 Å². The number of anilines is 4. The van der Waals surface area contributed by atoms with Crippen molar-refractivity contribution in [3.63, 3.8) is 0 Å². The number of amides is 3. The monoisotopic (exact) mass is 735 g/mol. The topological polar surface area (TPSA) is 147 Å². The number of benzene rings is 2. The van der Waals surface area contributed by atoms with Crippen LogP contribution >= 0.6 is 0 Å². The van der Waals surface area contributed by atoms with E-state index in [1.165, 1.54) is 27.1 Å². The summed E-state index contributed by atoms with van der Waals surface area (Å²) in [6.07, 6.45) is 1.10. The molecule has 2 aromatic carbocycles. The first-order chi connectivity index (χ1) is 25.3. The molecule has 5 fully saturated rings. The third kappa shape index (κ3) is 7.17. The van der Waals surface area contributed by atoms with Gasteiger partial charge >= 0.3 is 6.18 Å². The van der Waals surface area contributed by atoms with E-state index in [-0.39, 0.29) is 58.4 Å². The predicted molar refractivity (Wildman–Crippen MR) is 190 cm³/mol. The van der Waals surface area contributed by atoms with Crippen molar-refractivity contribution in [2.24, 2.45) is 23.2 Å². The molecule has 3 amide bonds. The molecule has 8 rings (SSSR count). The Hall–Kier alpha value is -5.08. The fraction of sp³-hybridized carbons (Fsp3) is 0.500. The number of methoxy groups -OCH3 is 1. The number of aryl methyl sites for hydroxylation is 1. The average Bonchev–Trinajstić information content (AvgIpc) is 3.57. The van der Waals surface area contributed by atoms with Crippen molar-refractivity contribution in [3.05, 3.63) is 59.3 Å². The molecule has 3 aromatic rings. The Morgan fingerprint density at radius 1 is 1.04 bits per heavy atom. The normalized spacial score (nSPS) is 25.9. The fourth-order valence-corrected chi connectivity index (χ4v) is 9.26. The number of halogens is 3. The van der Waals surface area contributed by atoms with Crippen molar-refractivity contribution in [2.75, 3.05) is 37.9 Å². The molecule has 2 heterocycles. The first-order valence-corrected chi connectivity index (χ1v) is 18.0. The molecule has 2 unspecified atom stereocenters. The molecule has 4 saturated carbocycles. The first kappa shape index (κ1) is 36.3. The van der Waals surface area contributed by atoms with Gasteiger partial charge in [-0.25, -0.2) is 4.98 Å². The van der Waals surface area contributed by atoms with Gasteiger partial charge in [-0.15, -0.1) is 0 Å². The molecule has 5 aliphatic rings. The van der Waals surface area contributed by atoms with Gasteiger partial charge in [0.1, 0.15) is 29.0 Å². The quantitative estimate of drug-likeness (QED) is 0.198. The van der Waals surface area contributed by atoms with Crippen LogP contribution in [0.25, 0.3) is 0 Å². The van der Waals surface area contributed by atoms with Gasteiger partial charge in [0.05, 0.1) is 29.5 Å². The van der Waals surface area contributed by atoms with Gasteiger partial charge in [0.25, 0.3) is 5.91 Å². The molecular formula is C38H44F3N7O5. The van der Waals surface area contributed by atoms with Crippen LogP contribution in [0.4, 0.5) is 36.3 Å². The van der Waals surface area contributed by atoms with Crippen LogP contribution in [-0.4, -0.2) is 72.0 Å². The number of likely N-dealkylation sites (tertiary alicyclic amines) is 1. The van der Waals surface area contributed by atoms with E-state index in [1.807, 2.05) is 4.90 Å². The minimum absolute atomic E-state index is 0.000415. The summed E-state index contributed by atoms with van der Waals surface area (Å²) >= 11 is 0. The zero-order chi connectivity index (χ0) is 37.7. The minimum atomic E-state index is -4.77. The van der Waals surface area contributed by atoms with Crippen LogP contribution in [0.15, 0.2) is 42.6 Å². The standard InChI is InChI=1S/C38H44F3N7O5/c1-20-6-5-7-27(34(50)42-3)31(20)46-33-28(38(39,40)41)18-43-36(47-33)45-29-9-8-26(14-30(29)52-4)53-32-23-12-22-13-24(32)17-37(15-22,16-23)35(51)48-11-10-25(19-48)44-21(2)49/h5-9,14,18,22-25,32H,10-13,15-17,19H2,1-4H3,(H,42,50)(H,44,49)(H2,43,45,46,47)/t22?,23?,24?,25-,32?,37?/m0/s1. The maximum absolute atomic E-state index is 14.1. The molecule has 0 radical (unpaired) electrons. The van der Waals surface area contributed by atoms with Gasteiger partial charge < -0.3 is 35.6 Å². The highest BCUT2D eigenvalue weighted by Gasteiger charge is 2.60.